The molecule has 1 fully saturated rings. The molecule has 0 saturated heterocycles. The highest BCUT2D eigenvalue weighted by Crippen LogP contribution is 2.28. The number of hydrogen-bond acceptors (Lipinski definition) is 4. The quantitative estimate of drug-likeness (QED) is 0.166. The van der Waals surface area contributed by atoms with Gasteiger partial charge < -0.3 is 10.2 Å². The summed E-state index contributed by atoms with van der Waals surface area (Å²) in [5, 5.41) is 3.93. The van der Waals surface area contributed by atoms with E-state index in [4.69, 9.17) is 23.2 Å². The van der Waals surface area contributed by atoms with E-state index in [2.05, 4.69) is 5.32 Å². The van der Waals surface area contributed by atoms with Crippen LogP contribution in [0.2, 0.25) is 10.0 Å². The molecular weight excluding hydrogens is 653 g/mol. The minimum absolute atomic E-state index is 0.0269. The van der Waals surface area contributed by atoms with Crippen LogP contribution in [0.1, 0.15) is 48.8 Å². The molecule has 7 nitrogen and oxygen atoms in total. The van der Waals surface area contributed by atoms with Gasteiger partial charge >= 0.3 is 0 Å². The fourth-order valence-electron chi connectivity index (χ4n) is 5.88. The van der Waals surface area contributed by atoms with Crippen LogP contribution >= 0.6 is 23.2 Å². The smallest absolute Gasteiger partial charge is 0.264 e. The first-order valence-electron chi connectivity index (χ1n) is 15.8. The average Bonchev–Trinajstić information content (AvgIpc) is 3.07. The van der Waals surface area contributed by atoms with Gasteiger partial charge in [-0.25, -0.2) is 8.42 Å². The van der Waals surface area contributed by atoms with Gasteiger partial charge in [-0.15, -0.1) is 0 Å². The SMILES string of the molecule is Cc1ccc(CN(C(=O)CN(c2cccc(Cl)c2)S(=O)(=O)c2ccc(Cl)cc2)C(Cc2ccccc2)C(=O)NC2CCCCC2)cc1. The lowest BCUT2D eigenvalue weighted by Crippen LogP contribution is -2.55. The maximum atomic E-state index is 14.6. The molecule has 47 heavy (non-hydrogen) atoms. The zero-order valence-corrected chi connectivity index (χ0v) is 28.6. The number of anilines is 1. The van der Waals surface area contributed by atoms with Gasteiger partial charge in [0.1, 0.15) is 12.6 Å². The summed E-state index contributed by atoms with van der Waals surface area (Å²) in [6, 6.07) is 28.6. The molecule has 10 heteroatoms. The first kappa shape index (κ1) is 34.5. The third kappa shape index (κ3) is 9.15. The average molecular weight is 693 g/mol. The third-order valence-corrected chi connectivity index (χ3v) is 10.7. The van der Waals surface area contributed by atoms with Gasteiger partial charge in [0, 0.05) is 29.1 Å². The van der Waals surface area contributed by atoms with E-state index in [1.54, 1.807) is 18.2 Å². The van der Waals surface area contributed by atoms with Crippen LogP contribution in [0.3, 0.4) is 0 Å². The first-order chi connectivity index (χ1) is 22.6. The maximum absolute atomic E-state index is 14.6. The summed E-state index contributed by atoms with van der Waals surface area (Å²) < 4.78 is 29.4. The minimum atomic E-state index is -4.25. The topological polar surface area (TPSA) is 86.8 Å². The van der Waals surface area contributed by atoms with Crippen LogP contribution in [0.5, 0.6) is 0 Å². The summed E-state index contributed by atoms with van der Waals surface area (Å²) in [7, 11) is -4.25. The molecule has 4 aromatic carbocycles. The molecule has 5 rings (SSSR count). The number of halogens is 2. The number of nitrogens with zero attached hydrogens (tertiary/aromatic N) is 2. The molecule has 0 heterocycles. The lowest BCUT2D eigenvalue weighted by Gasteiger charge is -2.35. The molecule has 1 unspecified atom stereocenters. The molecule has 1 atom stereocenters. The molecule has 246 valence electrons. The Labute approximate surface area is 287 Å². The van der Waals surface area contributed by atoms with E-state index in [1.807, 2.05) is 61.5 Å². The molecule has 0 radical (unpaired) electrons. The van der Waals surface area contributed by atoms with Crippen LogP contribution in [-0.2, 0) is 32.6 Å². The fourth-order valence-corrected chi connectivity index (χ4v) is 7.60. The number of carbonyl (C=O) groups is 2. The van der Waals surface area contributed by atoms with E-state index in [9.17, 15) is 18.0 Å². The van der Waals surface area contributed by atoms with Crippen molar-refractivity contribution >= 4 is 50.7 Å². The third-order valence-electron chi connectivity index (χ3n) is 8.47. The Morgan fingerprint density at radius 2 is 1.49 bits per heavy atom. The number of nitrogens with one attached hydrogen (secondary N) is 1. The van der Waals surface area contributed by atoms with Crippen molar-refractivity contribution in [3.05, 3.63) is 130 Å². The number of rotatable bonds is 12. The van der Waals surface area contributed by atoms with Crippen LogP contribution < -0.4 is 9.62 Å². The predicted molar refractivity (Wildman–Crippen MR) is 188 cm³/mol. The molecule has 4 aromatic rings. The van der Waals surface area contributed by atoms with Crippen molar-refractivity contribution in [1.29, 1.82) is 0 Å². The molecule has 0 aromatic heterocycles. The van der Waals surface area contributed by atoms with E-state index >= 15 is 0 Å². The van der Waals surface area contributed by atoms with Crippen LogP contribution in [0.15, 0.2) is 108 Å². The normalized spacial score (nSPS) is 14.3. The Morgan fingerprint density at radius 1 is 0.809 bits per heavy atom. The number of hydrogen-bond donors (Lipinski definition) is 1. The molecule has 1 aliphatic carbocycles. The largest absolute Gasteiger partial charge is 0.352 e. The molecule has 0 bridgehead atoms. The highest BCUT2D eigenvalue weighted by atomic mass is 35.5. The van der Waals surface area contributed by atoms with Gasteiger partial charge in [0.2, 0.25) is 11.8 Å². The number of sulfonamides is 1. The van der Waals surface area contributed by atoms with Crippen LogP contribution in [-0.4, -0.2) is 43.8 Å². The Hall–Kier alpha value is -3.85. The minimum Gasteiger partial charge on any atom is -0.352 e. The summed E-state index contributed by atoms with van der Waals surface area (Å²) in [5.74, 6) is -0.779. The van der Waals surface area contributed by atoms with Crippen molar-refractivity contribution in [2.75, 3.05) is 10.8 Å². The molecule has 1 aliphatic rings. The summed E-state index contributed by atoms with van der Waals surface area (Å²) in [5.41, 5.74) is 2.99. The molecule has 0 aliphatic heterocycles. The van der Waals surface area contributed by atoms with Crippen molar-refractivity contribution in [3.8, 4) is 0 Å². The highest BCUT2D eigenvalue weighted by molar-refractivity contribution is 7.92. The Kier molecular flexibility index (Phi) is 11.6. The van der Waals surface area contributed by atoms with Crippen LogP contribution in [0.4, 0.5) is 5.69 Å². The second-order valence-electron chi connectivity index (χ2n) is 12.0. The van der Waals surface area contributed by atoms with Gasteiger partial charge in [-0.05, 0) is 73.4 Å². The van der Waals surface area contributed by atoms with E-state index in [-0.39, 0.29) is 35.5 Å². The number of carbonyl (C=O) groups excluding carboxylic acids is 2. The molecule has 1 saturated carbocycles. The second kappa shape index (κ2) is 15.8. The Balaban J connectivity index is 1.56. The van der Waals surface area contributed by atoms with E-state index in [1.165, 1.54) is 35.2 Å². The zero-order chi connectivity index (χ0) is 33.4. The summed E-state index contributed by atoms with van der Waals surface area (Å²) in [4.78, 5) is 30.3. The summed E-state index contributed by atoms with van der Waals surface area (Å²) in [6.45, 7) is 1.53. The van der Waals surface area contributed by atoms with E-state index in [0.717, 1.165) is 53.1 Å². The predicted octanol–water partition coefficient (Wildman–Crippen LogP) is 7.59. The maximum Gasteiger partial charge on any atom is 0.264 e. The van der Waals surface area contributed by atoms with Gasteiger partial charge in [0.05, 0.1) is 10.6 Å². The van der Waals surface area contributed by atoms with Crippen LogP contribution in [0.25, 0.3) is 0 Å². The van der Waals surface area contributed by atoms with E-state index < -0.39 is 28.5 Å². The molecule has 2 amide bonds. The van der Waals surface area contributed by atoms with E-state index in [0.29, 0.717) is 10.0 Å². The lowest BCUT2D eigenvalue weighted by molar-refractivity contribution is -0.140. The zero-order valence-electron chi connectivity index (χ0n) is 26.3. The Bertz CT molecular complexity index is 1760. The van der Waals surface area contributed by atoms with Gasteiger partial charge in [-0.2, -0.15) is 0 Å². The second-order valence-corrected chi connectivity index (χ2v) is 14.7. The first-order valence-corrected chi connectivity index (χ1v) is 18.0. The van der Waals surface area contributed by atoms with Gasteiger partial charge in [-0.3, -0.25) is 13.9 Å². The number of aryl methyl sites for hydroxylation is 1. The van der Waals surface area contributed by atoms with Gasteiger partial charge in [-0.1, -0.05) is 109 Å². The number of benzene rings is 4. The van der Waals surface area contributed by atoms with Gasteiger partial charge in [0.25, 0.3) is 10.0 Å². The van der Waals surface area contributed by atoms with Crippen LogP contribution in [0, 0.1) is 6.92 Å². The van der Waals surface area contributed by atoms with Gasteiger partial charge in [0.15, 0.2) is 0 Å². The lowest BCUT2D eigenvalue weighted by atomic mass is 9.94. The van der Waals surface area contributed by atoms with Crippen molar-refractivity contribution < 1.29 is 18.0 Å². The monoisotopic (exact) mass is 691 g/mol. The van der Waals surface area contributed by atoms with Crippen molar-refractivity contribution in [2.24, 2.45) is 0 Å². The highest BCUT2D eigenvalue weighted by Gasteiger charge is 2.35. The van der Waals surface area contributed by atoms with Crippen molar-refractivity contribution in [1.82, 2.24) is 10.2 Å². The summed E-state index contributed by atoms with van der Waals surface area (Å²) in [6.07, 6.45) is 5.25. The standard InChI is InChI=1S/C37H39Cl2N3O4S/c1-27-15-17-29(18-16-27)25-41(35(23-28-9-4-2-5-10-28)37(44)40-32-12-6-3-7-13-32)36(43)26-42(33-14-8-11-31(39)24-33)47(45,46)34-21-19-30(38)20-22-34/h2,4-5,8-11,14-22,24,32,35H,3,6-7,12-13,23,25-26H2,1H3,(H,40,44). The van der Waals surface area contributed by atoms with Crippen molar-refractivity contribution in [2.45, 2.75) is 69.0 Å². The molecule has 0 spiro atoms. The van der Waals surface area contributed by atoms with Crippen molar-refractivity contribution in [3.63, 3.8) is 0 Å². The Morgan fingerprint density at radius 3 is 2.15 bits per heavy atom. The molecule has 1 N–H and O–H groups in total. The fraction of sp³-hybridized carbons (Fsp3) is 0.297. The number of amides is 2. The molecular formula is C37H39Cl2N3O4S. The summed E-state index contributed by atoms with van der Waals surface area (Å²) >= 11 is 12.4.